The summed E-state index contributed by atoms with van der Waals surface area (Å²) in [6.45, 7) is 2.27. The molecule has 2 heteroatoms. The molecule has 0 fully saturated rings. The zero-order chi connectivity index (χ0) is 16.3. The molecule has 0 aliphatic rings. The molecule has 0 saturated heterocycles. The third kappa shape index (κ3) is 19.2. The highest BCUT2D eigenvalue weighted by molar-refractivity contribution is 5.66. The maximum Gasteiger partial charge on any atom is 0.303 e. The molecule has 0 unspecified atom stereocenters. The first-order valence-corrected chi connectivity index (χ1v) is 9.64. The van der Waals surface area contributed by atoms with Crippen molar-refractivity contribution in [3.05, 3.63) is 12.2 Å². The van der Waals surface area contributed by atoms with Crippen molar-refractivity contribution < 1.29 is 9.90 Å². The molecule has 0 rings (SSSR count). The zero-order valence-corrected chi connectivity index (χ0v) is 14.8. The van der Waals surface area contributed by atoms with E-state index in [9.17, 15) is 4.79 Å². The van der Waals surface area contributed by atoms with Gasteiger partial charge in [0.05, 0.1) is 0 Å². The lowest BCUT2D eigenvalue weighted by Gasteiger charge is -2.00. The van der Waals surface area contributed by atoms with Crippen LogP contribution < -0.4 is 0 Å². The van der Waals surface area contributed by atoms with Crippen molar-refractivity contribution >= 4 is 5.97 Å². The maximum absolute atomic E-state index is 10.4. The van der Waals surface area contributed by atoms with Gasteiger partial charge in [-0.05, 0) is 32.1 Å². The molecule has 0 aromatic heterocycles. The van der Waals surface area contributed by atoms with Crippen LogP contribution in [-0.2, 0) is 4.79 Å². The van der Waals surface area contributed by atoms with Gasteiger partial charge in [-0.1, -0.05) is 83.3 Å². The summed E-state index contributed by atoms with van der Waals surface area (Å²) in [4.78, 5) is 10.4. The van der Waals surface area contributed by atoms with Crippen LogP contribution in [-0.4, -0.2) is 11.1 Å². The van der Waals surface area contributed by atoms with Crippen LogP contribution in [0.25, 0.3) is 0 Å². The largest absolute Gasteiger partial charge is 0.481 e. The molecule has 130 valence electrons. The van der Waals surface area contributed by atoms with Crippen LogP contribution in [0.4, 0.5) is 0 Å². The first-order valence-electron chi connectivity index (χ1n) is 9.64. The lowest BCUT2D eigenvalue weighted by atomic mass is 10.1. The van der Waals surface area contributed by atoms with Crippen molar-refractivity contribution in [3.8, 4) is 0 Å². The molecule has 0 spiro atoms. The Morgan fingerprint density at radius 3 is 1.55 bits per heavy atom. The summed E-state index contributed by atoms with van der Waals surface area (Å²) in [7, 11) is 0. The number of hydrogen-bond donors (Lipinski definition) is 1. The number of carboxylic acids is 1. The summed E-state index contributed by atoms with van der Waals surface area (Å²) >= 11 is 0. The number of rotatable bonds is 17. The molecular weight excluding hydrogens is 272 g/mol. The fourth-order valence-corrected chi connectivity index (χ4v) is 2.70. The number of hydrogen-bond acceptors (Lipinski definition) is 1. The predicted octanol–water partition coefficient (Wildman–Crippen LogP) is 6.89. The smallest absolute Gasteiger partial charge is 0.303 e. The van der Waals surface area contributed by atoms with E-state index >= 15 is 0 Å². The van der Waals surface area contributed by atoms with Crippen LogP contribution >= 0.6 is 0 Å². The molecular formula is C20H38O2. The summed E-state index contributed by atoms with van der Waals surface area (Å²) < 4.78 is 0. The summed E-state index contributed by atoms with van der Waals surface area (Å²) in [5.41, 5.74) is 0. The topological polar surface area (TPSA) is 37.3 Å². The second-order valence-corrected chi connectivity index (χ2v) is 6.44. The minimum absolute atomic E-state index is 0.335. The van der Waals surface area contributed by atoms with E-state index in [1.807, 2.05) is 0 Å². The van der Waals surface area contributed by atoms with Crippen molar-refractivity contribution in [1.29, 1.82) is 0 Å². The average molecular weight is 311 g/mol. The number of aliphatic carboxylic acids is 1. The molecule has 0 aliphatic heterocycles. The molecule has 0 atom stereocenters. The third-order valence-corrected chi connectivity index (χ3v) is 4.15. The summed E-state index contributed by atoms with van der Waals surface area (Å²) in [6, 6.07) is 0. The van der Waals surface area contributed by atoms with Crippen molar-refractivity contribution in [3.63, 3.8) is 0 Å². The molecule has 1 N–H and O–H groups in total. The van der Waals surface area contributed by atoms with Gasteiger partial charge in [-0.25, -0.2) is 0 Å². The van der Waals surface area contributed by atoms with E-state index in [0.717, 1.165) is 12.8 Å². The first-order chi connectivity index (χ1) is 10.8. The fraction of sp³-hybridized carbons (Fsp3) is 0.850. The van der Waals surface area contributed by atoms with Gasteiger partial charge in [-0.2, -0.15) is 0 Å². The second kappa shape index (κ2) is 18.3. The lowest BCUT2D eigenvalue weighted by molar-refractivity contribution is -0.137. The molecule has 2 nitrogen and oxygen atoms in total. The van der Waals surface area contributed by atoms with E-state index in [-0.39, 0.29) is 0 Å². The highest BCUT2D eigenvalue weighted by atomic mass is 16.4. The minimum atomic E-state index is -0.661. The Morgan fingerprint density at radius 1 is 0.682 bits per heavy atom. The van der Waals surface area contributed by atoms with Crippen molar-refractivity contribution in [1.82, 2.24) is 0 Å². The second-order valence-electron chi connectivity index (χ2n) is 6.44. The van der Waals surface area contributed by atoms with E-state index in [0.29, 0.717) is 6.42 Å². The van der Waals surface area contributed by atoms with Gasteiger partial charge in [0, 0.05) is 6.42 Å². The highest BCUT2D eigenvalue weighted by Gasteiger charge is 1.96. The Balaban J connectivity index is 3.07. The Kier molecular flexibility index (Phi) is 17.6. The zero-order valence-electron chi connectivity index (χ0n) is 14.8. The molecule has 0 bridgehead atoms. The van der Waals surface area contributed by atoms with Crippen molar-refractivity contribution in [2.75, 3.05) is 0 Å². The van der Waals surface area contributed by atoms with Crippen LogP contribution in [0.1, 0.15) is 110 Å². The number of carbonyl (C=O) groups is 1. The van der Waals surface area contributed by atoms with Gasteiger partial charge in [0.15, 0.2) is 0 Å². The molecule has 0 aromatic carbocycles. The average Bonchev–Trinajstić information content (AvgIpc) is 2.50. The predicted molar refractivity (Wildman–Crippen MR) is 96.3 cm³/mol. The summed E-state index contributed by atoms with van der Waals surface area (Å²) in [5, 5.41) is 8.53. The van der Waals surface area contributed by atoms with E-state index < -0.39 is 5.97 Å². The number of allylic oxidation sites excluding steroid dienone is 2. The van der Waals surface area contributed by atoms with Crippen LogP contribution in [0.3, 0.4) is 0 Å². The highest BCUT2D eigenvalue weighted by Crippen LogP contribution is 2.10. The number of unbranched alkanes of at least 4 members (excludes halogenated alkanes) is 13. The maximum atomic E-state index is 10.4. The van der Waals surface area contributed by atoms with Crippen LogP contribution in [0.5, 0.6) is 0 Å². The van der Waals surface area contributed by atoms with Gasteiger partial charge in [-0.15, -0.1) is 0 Å². The van der Waals surface area contributed by atoms with Crippen LogP contribution in [0, 0.1) is 0 Å². The Labute approximate surface area is 138 Å². The number of carboxylic acid groups (broad SMARTS) is 1. The van der Waals surface area contributed by atoms with Gasteiger partial charge in [0.1, 0.15) is 0 Å². The fourth-order valence-electron chi connectivity index (χ4n) is 2.70. The van der Waals surface area contributed by atoms with E-state index in [2.05, 4.69) is 19.1 Å². The summed E-state index contributed by atoms with van der Waals surface area (Å²) in [6.07, 6.45) is 24.2. The van der Waals surface area contributed by atoms with E-state index in [1.165, 1.54) is 83.5 Å². The Bertz CT molecular complexity index is 258. The molecule has 0 heterocycles. The molecule has 0 aromatic rings. The van der Waals surface area contributed by atoms with E-state index in [1.54, 1.807) is 0 Å². The van der Waals surface area contributed by atoms with Gasteiger partial charge in [0.2, 0.25) is 0 Å². The third-order valence-electron chi connectivity index (χ3n) is 4.15. The van der Waals surface area contributed by atoms with Gasteiger partial charge in [0.25, 0.3) is 0 Å². The van der Waals surface area contributed by atoms with Crippen molar-refractivity contribution in [2.45, 2.75) is 110 Å². The van der Waals surface area contributed by atoms with Crippen LogP contribution in [0.2, 0.25) is 0 Å². The molecule has 0 radical (unpaired) electrons. The molecule has 0 amide bonds. The molecule has 0 saturated carbocycles. The first kappa shape index (κ1) is 21.2. The Hall–Kier alpha value is -0.790. The SMILES string of the molecule is CCCCCCCCCC=CCCCCCCCCC(=O)O. The monoisotopic (exact) mass is 310 g/mol. The normalized spacial score (nSPS) is 11.3. The molecule has 0 aliphatic carbocycles. The molecule has 22 heavy (non-hydrogen) atoms. The Morgan fingerprint density at radius 2 is 1.09 bits per heavy atom. The van der Waals surface area contributed by atoms with Gasteiger partial charge < -0.3 is 5.11 Å². The van der Waals surface area contributed by atoms with E-state index in [4.69, 9.17) is 5.11 Å². The summed E-state index contributed by atoms with van der Waals surface area (Å²) in [5.74, 6) is -0.661. The minimum Gasteiger partial charge on any atom is -0.481 e. The van der Waals surface area contributed by atoms with Gasteiger partial charge in [-0.3, -0.25) is 4.79 Å². The van der Waals surface area contributed by atoms with Gasteiger partial charge >= 0.3 is 5.97 Å². The lowest BCUT2D eigenvalue weighted by Crippen LogP contribution is -1.93. The quantitative estimate of drug-likeness (QED) is 0.234. The van der Waals surface area contributed by atoms with Crippen LogP contribution in [0.15, 0.2) is 12.2 Å². The standard InChI is InChI=1S/C20H38O2/c1-2-3-4-5-6-7-8-9-10-11-12-13-14-15-16-17-18-19-20(21)22/h10-11H,2-9,12-19H2,1H3,(H,21,22). The van der Waals surface area contributed by atoms with Crippen molar-refractivity contribution in [2.24, 2.45) is 0 Å².